The maximum absolute atomic E-state index is 12.0. The molecule has 0 bridgehead atoms. The minimum atomic E-state index is -1.29. The van der Waals surface area contributed by atoms with Gasteiger partial charge in [0.2, 0.25) is 0 Å². The number of aliphatic carboxylic acids is 2. The van der Waals surface area contributed by atoms with Gasteiger partial charge in [-0.25, -0.2) is 0 Å². The number of carbonyl (C=O) groups is 3. The van der Waals surface area contributed by atoms with Crippen molar-refractivity contribution in [3.05, 3.63) is 32.4 Å². The Morgan fingerprint density at radius 3 is 2.11 bits per heavy atom. The zero-order chi connectivity index (χ0) is 14.6. The summed E-state index contributed by atoms with van der Waals surface area (Å²) >= 11 is 7.84. The third kappa shape index (κ3) is 4.67. The van der Waals surface area contributed by atoms with E-state index in [9.17, 15) is 14.4 Å². The summed E-state index contributed by atoms with van der Waals surface area (Å²) in [5.41, 5.74) is 0.146. The molecule has 0 atom stereocenters. The van der Waals surface area contributed by atoms with Crippen LogP contribution in [0, 0.1) is 3.57 Å². The van der Waals surface area contributed by atoms with Gasteiger partial charge in [-0.1, -0.05) is 11.6 Å². The zero-order valence-corrected chi connectivity index (χ0v) is 12.4. The molecule has 1 rings (SSSR count). The first-order chi connectivity index (χ1) is 8.81. The Hall–Kier alpha value is -1.35. The average Bonchev–Trinajstić information content (AvgIpc) is 2.29. The maximum atomic E-state index is 12.0. The molecule has 0 aliphatic carbocycles. The second kappa shape index (κ2) is 6.71. The van der Waals surface area contributed by atoms with Crippen LogP contribution in [0.4, 0.5) is 0 Å². The van der Waals surface area contributed by atoms with Crippen molar-refractivity contribution in [2.24, 2.45) is 0 Å². The SMILES string of the molecule is O=C(O)CN(CC(=O)O)C(=O)c1ccc(I)c(Cl)c1. The first-order valence-electron chi connectivity index (χ1n) is 4.99. The van der Waals surface area contributed by atoms with Crippen LogP contribution in [-0.2, 0) is 9.59 Å². The normalized spacial score (nSPS) is 10.0. The minimum absolute atomic E-state index is 0.146. The van der Waals surface area contributed by atoms with E-state index in [0.29, 0.717) is 5.02 Å². The summed E-state index contributed by atoms with van der Waals surface area (Å²) in [6, 6.07) is 4.44. The number of hydrogen-bond donors (Lipinski definition) is 2. The lowest BCUT2D eigenvalue weighted by atomic mass is 10.2. The summed E-state index contributed by atoms with van der Waals surface area (Å²) in [4.78, 5) is 34.0. The van der Waals surface area contributed by atoms with Crippen molar-refractivity contribution < 1.29 is 24.6 Å². The molecule has 0 aromatic heterocycles. The van der Waals surface area contributed by atoms with Crippen LogP contribution in [0.1, 0.15) is 10.4 Å². The van der Waals surface area contributed by atoms with Gasteiger partial charge in [0.05, 0.1) is 5.02 Å². The molecule has 0 saturated heterocycles. The number of carbonyl (C=O) groups excluding carboxylic acids is 1. The number of carboxylic acid groups (broad SMARTS) is 2. The minimum Gasteiger partial charge on any atom is -0.480 e. The fourth-order valence-corrected chi connectivity index (χ4v) is 1.85. The Kier molecular flexibility index (Phi) is 5.55. The van der Waals surface area contributed by atoms with Gasteiger partial charge in [0.15, 0.2) is 0 Å². The Morgan fingerprint density at radius 2 is 1.68 bits per heavy atom. The molecular formula is C11H9ClINO5. The van der Waals surface area contributed by atoms with E-state index in [1.165, 1.54) is 12.1 Å². The van der Waals surface area contributed by atoms with E-state index in [1.807, 2.05) is 22.6 Å². The molecule has 8 heteroatoms. The molecule has 1 aromatic carbocycles. The van der Waals surface area contributed by atoms with Gasteiger partial charge in [-0.15, -0.1) is 0 Å². The second-order valence-corrected chi connectivity index (χ2v) is 5.15. The third-order valence-corrected chi connectivity index (χ3v) is 3.68. The molecule has 6 nitrogen and oxygen atoms in total. The largest absolute Gasteiger partial charge is 0.480 e. The van der Waals surface area contributed by atoms with E-state index in [0.717, 1.165) is 8.47 Å². The highest BCUT2D eigenvalue weighted by molar-refractivity contribution is 14.1. The Labute approximate surface area is 127 Å². The van der Waals surface area contributed by atoms with Crippen molar-refractivity contribution >= 4 is 52.0 Å². The molecule has 19 heavy (non-hydrogen) atoms. The third-order valence-electron chi connectivity index (χ3n) is 2.11. The van der Waals surface area contributed by atoms with Gasteiger partial charge in [0.25, 0.3) is 5.91 Å². The summed E-state index contributed by atoms with van der Waals surface area (Å²) in [6.07, 6.45) is 0. The summed E-state index contributed by atoms with van der Waals surface area (Å²) in [7, 11) is 0. The van der Waals surface area contributed by atoms with Crippen molar-refractivity contribution in [1.82, 2.24) is 4.90 Å². The van der Waals surface area contributed by atoms with Crippen LogP contribution in [0.15, 0.2) is 18.2 Å². The van der Waals surface area contributed by atoms with Crippen LogP contribution < -0.4 is 0 Å². The zero-order valence-electron chi connectivity index (χ0n) is 9.47. The lowest BCUT2D eigenvalue weighted by Crippen LogP contribution is -2.39. The number of benzene rings is 1. The highest BCUT2D eigenvalue weighted by atomic mass is 127. The van der Waals surface area contributed by atoms with E-state index in [2.05, 4.69) is 0 Å². The molecule has 0 aliphatic heterocycles. The Bertz CT molecular complexity index is 518. The topological polar surface area (TPSA) is 94.9 Å². The number of halogens is 2. The molecule has 0 saturated carbocycles. The molecule has 0 heterocycles. The fraction of sp³-hybridized carbons (Fsp3) is 0.182. The molecule has 0 spiro atoms. The molecule has 1 aromatic rings. The summed E-state index contributed by atoms with van der Waals surface area (Å²) in [5.74, 6) is -3.26. The lowest BCUT2D eigenvalue weighted by molar-refractivity contribution is -0.140. The number of rotatable bonds is 5. The smallest absolute Gasteiger partial charge is 0.323 e. The van der Waals surface area contributed by atoms with Gasteiger partial charge in [-0.05, 0) is 40.8 Å². The van der Waals surface area contributed by atoms with Gasteiger partial charge < -0.3 is 15.1 Å². The fourth-order valence-electron chi connectivity index (χ4n) is 1.34. The average molecular weight is 398 g/mol. The van der Waals surface area contributed by atoms with E-state index >= 15 is 0 Å². The van der Waals surface area contributed by atoms with Crippen LogP contribution in [0.25, 0.3) is 0 Å². The molecular weight excluding hydrogens is 388 g/mol. The van der Waals surface area contributed by atoms with Crippen LogP contribution in [-0.4, -0.2) is 46.0 Å². The first kappa shape index (κ1) is 15.7. The Balaban J connectivity index is 3.00. The maximum Gasteiger partial charge on any atom is 0.323 e. The highest BCUT2D eigenvalue weighted by Gasteiger charge is 2.21. The summed E-state index contributed by atoms with van der Waals surface area (Å²) in [6.45, 7) is -1.37. The highest BCUT2D eigenvalue weighted by Crippen LogP contribution is 2.20. The standard InChI is InChI=1S/C11H9ClINO5/c12-7-3-6(1-2-8(7)13)11(19)14(4-9(15)16)5-10(17)18/h1-3H,4-5H2,(H,15,16)(H,17,18). The van der Waals surface area contributed by atoms with E-state index in [4.69, 9.17) is 21.8 Å². The van der Waals surface area contributed by atoms with Gasteiger partial charge in [0, 0.05) is 9.13 Å². The number of amides is 1. The van der Waals surface area contributed by atoms with Crippen LogP contribution >= 0.6 is 34.2 Å². The summed E-state index contributed by atoms with van der Waals surface area (Å²) < 4.78 is 0.735. The molecule has 0 unspecified atom stereocenters. The molecule has 0 radical (unpaired) electrons. The number of carboxylic acids is 2. The summed E-state index contributed by atoms with van der Waals surface area (Å²) in [5, 5.41) is 17.7. The number of hydrogen-bond acceptors (Lipinski definition) is 3. The first-order valence-corrected chi connectivity index (χ1v) is 6.45. The van der Waals surface area contributed by atoms with E-state index < -0.39 is 30.9 Å². The van der Waals surface area contributed by atoms with Crippen molar-refractivity contribution in [3.63, 3.8) is 0 Å². The van der Waals surface area contributed by atoms with Crippen LogP contribution in [0.2, 0.25) is 5.02 Å². The van der Waals surface area contributed by atoms with E-state index in [1.54, 1.807) is 6.07 Å². The van der Waals surface area contributed by atoms with Crippen molar-refractivity contribution in [3.8, 4) is 0 Å². The van der Waals surface area contributed by atoms with Gasteiger partial charge in [-0.2, -0.15) is 0 Å². The molecule has 1 amide bonds. The molecule has 102 valence electrons. The van der Waals surface area contributed by atoms with Crippen molar-refractivity contribution in [1.29, 1.82) is 0 Å². The Morgan fingerprint density at radius 1 is 1.16 bits per heavy atom. The monoisotopic (exact) mass is 397 g/mol. The predicted molar refractivity (Wildman–Crippen MR) is 75.3 cm³/mol. The quantitative estimate of drug-likeness (QED) is 0.735. The van der Waals surface area contributed by atoms with Gasteiger partial charge >= 0.3 is 11.9 Å². The van der Waals surface area contributed by atoms with Crippen molar-refractivity contribution in [2.45, 2.75) is 0 Å². The second-order valence-electron chi connectivity index (χ2n) is 3.58. The van der Waals surface area contributed by atoms with Gasteiger partial charge in [0.1, 0.15) is 13.1 Å². The van der Waals surface area contributed by atoms with E-state index in [-0.39, 0.29) is 5.56 Å². The molecule has 2 N–H and O–H groups in total. The molecule has 0 aliphatic rings. The van der Waals surface area contributed by atoms with Crippen LogP contribution in [0.5, 0.6) is 0 Å². The molecule has 0 fully saturated rings. The van der Waals surface area contributed by atoms with Gasteiger partial charge in [-0.3, -0.25) is 14.4 Å². The number of nitrogens with zero attached hydrogens (tertiary/aromatic N) is 1. The van der Waals surface area contributed by atoms with Crippen molar-refractivity contribution in [2.75, 3.05) is 13.1 Å². The predicted octanol–water partition coefficient (Wildman–Crippen LogP) is 1.56. The lowest BCUT2D eigenvalue weighted by Gasteiger charge is -2.18. The van der Waals surface area contributed by atoms with Crippen LogP contribution in [0.3, 0.4) is 0 Å².